The van der Waals surface area contributed by atoms with Gasteiger partial charge in [-0.15, -0.1) is 0 Å². The average molecular weight is 1170 g/mol. The summed E-state index contributed by atoms with van der Waals surface area (Å²) in [7, 11) is 0. The van der Waals surface area contributed by atoms with Crippen molar-refractivity contribution in [1.29, 1.82) is 0 Å². The number of aliphatic hydroxyl groups excluding tert-OH is 8. The first-order valence-corrected chi connectivity index (χ1v) is 25.3. The van der Waals surface area contributed by atoms with Gasteiger partial charge in [0.25, 0.3) is 11.8 Å². The lowest BCUT2D eigenvalue weighted by atomic mass is 9.84. The maximum atomic E-state index is 11.6. The number of ether oxygens (including phenoxy) is 8. The number of aliphatic carboxylic acids is 2. The Morgan fingerprint density at radius 1 is 0.481 bits per heavy atom. The Morgan fingerprint density at radius 3 is 1.26 bits per heavy atom. The molecule has 7 rings (SSSR count). The predicted octanol–water partition coefficient (Wildman–Crippen LogP) is -12.3. The van der Waals surface area contributed by atoms with Crippen molar-refractivity contribution in [3.8, 4) is 0 Å². The minimum absolute atomic E-state index is 0.0365. The number of carbonyl (C=O) groups excluding carboxylic acids is 2. The van der Waals surface area contributed by atoms with Gasteiger partial charge in [-0.3, -0.25) is 40.0 Å². The largest absolute Gasteiger partial charge is 0.480 e. The van der Waals surface area contributed by atoms with Crippen molar-refractivity contribution in [1.82, 2.24) is 31.7 Å². The van der Waals surface area contributed by atoms with E-state index in [9.17, 15) is 60.0 Å². The highest BCUT2D eigenvalue weighted by Gasteiger charge is 2.55. The van der Waals surface area contributed by atoms with E-state index < -0.39 is 177 Å². The Balaban J connectivity index is 0.000000348. The van der Waals surface area contributed by atoms with E-state index in [-0.39, 0.29) is 39.1 Å². The first kappa shape index (κ1) is 66.9. The predicted molar refractivity (Wildman–Crippen MR) is 270 cm³/mol. The molecule has 1 saturated carbocycles. The van der Waals surface area contributed by atoms with Crippen LogP contribution in [0.25, 0.3) is 0 Å². The van der Waals surface area contributed by atoms with Crippen molar-refractivity contribution in [2.24, 2.45) is 45.9 Å². The lowest BCUT2D eigenvalue weighted by Gasteiger charge is -2.47. The number of hydrogen-bond acceptors (Lipinski definition) is 32. The van der Waals surface area contributed by atoms with Crippen molar-refractivity contribution in [3.63, 3.8) is 0 Å². The van der Waals surface area contributed by atoms with E-state index in [2.05, 4.69) is 31.7 Å². The lowest BCUT2D eigenvalue weighted by molar-refractivity contribution is -0.308. The summed E-state index contributed by atoms with van der Waals surface area (Å²) in [6.07, 6.45) is -20.4. The van der Waals surface area contributed by atoms with Crippen LogP contribution in [0.5, 0.6) is 0 Å². The second-order valence-corrected chi connectivity index (χ2v) is 19.1. The molecule has 4 saturated heterocycles. The van der Waals surface area contributed by atoms with Crippen molar-refractivity contribution in [2.75, 3.05) is 39.3 Å². The fourth-order valence-electron chi connectivity index (χ4n) is 8.77. The summed E-state index contributed by atoms with van der Waals surface area (Å²) < 4.78 is 47.3. The monoisotopic (exact) mass is 1160 g/mol. The van der Waals surface area contributed by atoms with Crippen molar-refractivity contribution >= 4 is 23.8 Å². The van der Waals surface area contributed by atoms with Crippen molar-refractivity contribution in [2.45, 2.75) is 153 Å². The summed E-state index contributed by atoms with van der Waals surface area (Å²) in [5, 5.41) is 102. The van der Waals surface area contributed by atoms with E-state index in [0.717, 1.165) is 0 Å². The van der Waals surface area contributed by atoms with Crippen LogP contribution in [0.1, 0.15) is 27.1 Å². The van der Waals surface area contributed by atoms with Crippen molar-refractivity contribution < 1.29 is 108 Å². The summed E-state index contributed by atoms with van der Waals surface area (Å²) in [6, 6.07) is 0.383. The number of aliphatic hydroxyl groups is 8. The third kappa shape index (κ3) is 17.8. The standard InChI is InChI=1S/C29H58N8O16.2C8H9N3O3/c30-2-8-16(39)19(42)12(35)26(47-8)46-5-11-24(52-28-14(37)21(44)18(41)10(4-32)49-28)22(45)29(50-11)53-25-15(38)6(33)1-7(34)23(25)51-27-13(36)20(43)17(40)9(3-31)48-27;2*12-7(13)5-10-11-8(14)6-1-3-9-4-2-6/h6-29,38-45H,1-5,30-37H2;2*1-4,10H,5H2,(H,11,14)(H,12,13)/t6-,7+,8-,9-,10+,11-,12-,13-,14-,15+,16-,17-,18-,19-,20-,21-,22-,23-,24-,25-,26-,27-,28-,29+;;/m1../s1. The van der Waals surface area contributed by atoms with Crippen molar-refractivity contribution in [3.05, 3.63) is 60.2 Å². The summed E-state index contributed by atoms with van der Waals surface area (Å²) in [4.78, 5) is 50.1. The highest BCUT2D eigenvalue weighted by Crippen LogP contribution is 2.35. The number of nitrogens with zero attached hydrogens (tertiary/aromatic N) is 2. The zero-order chi connectivity index (χ0) is 59.8. The second-order valence-electron chi connectivity index (χ2n) is 19.1. The zero-order valence-electron chi connectivity index (χ0n) is 43.3. The van der Waals surface area contributed by atoms with Gasteiger partial charge in [0.2, 0.25) is 0 Å². The van der Waals surface area contributed by atoms with E-state index in [1.165, 1.54) is 49.1 Å². The smallest absolute Gasteiger partial charge is 0.319 e. The Labute approximate surface area is 461 Å². The van der Waals surface area contributed by atoms with E-state index in [4.69, 9.17) is 94.0 Å². The Hall–Kier alpha value is -4.86. The number of nitrogens with one attached hydrogen (secondary N) is 4. The van der Waals surface area contributed by atoms with Gasteiger partial charge < -0.3 is 135 Å². The molecule has 36 heteroatoms. The number of pyridine rings is 2. The Morgan fingerprint density at radius 2 is 0.852 bits per heavy atom. The molecule has 0 radical (unpaired) electrons. The second kappa shape index (κ2) is 31.7. The van der Waals surface area contributed by atoms with Gasteiger partial charge in [-0.2, -0.15) is 0 Å². The third-order valence-electron chi connectivity index (χ3n) is 13.4. The molecule has 0 unspecified atom stereocenters. The maximum absolute atomic E-state index is 11.6. The minimum Gasteiger partial charge on any atom is -0.480 e. The summed E-state index contributed by atoms with van der Waals surface area (Å²) in [6.45, 7) is -1.71. The fraction of sp³-hybridized carbons (Fsp3) is 0.689. The van der Waals surface area contributed by atoms with Gasteiger partial charge in [-0.25, -0.2) is 10.9 Å². The molecule has 2 amide bonds. The van der Waals surface area contributed by atoms with Gasteiger partial charge >= 0.3 is 11.9 Å². The van der Waals surface area contributed by atoms with Gasteiger partial charge in [0.1, 0.15) is 98.5 Å². The Kier molecular flexibility index (Phi) is 26.2. The number of carboxylic acid groups (broad SMARTS) is 2. The number of nitrogens with two attached hydrogens (primary N) is 8. The summed E-state index contributed by atoms with van der Waals surface area (Å²) in [5.41, 5.74) is 57.8. The number of hydrogen-bond donors (Lipinski definition) is 22. The van der Waals surface area contributed by atoms with E-state index in [1.54, 1.807) is 0 Å². The van der Waals surface area contributed by atoms with E-state index >= 15 is 0 Å². The SMILES string of the molecule is NC[C@@H]1O[C@H](O[C@H]2[C@@H](O)[C@H](O[C@@H]3[C@@H](O)[C@H](N)C[C@H](N)[C@H]3O[C@H]3O[C@H](CN)[C@@H](O)[C@H](O)[C@H]3N)O[C@@H]2CO[C@@H]2O[C@H](CN)[C@@H](O)[C@H](O)[C@H]2N)[C@H](N)[C@@H](O)[C@@H]1O.O=C(O)CNNC(=O)c1ccncc1.O=C(O)CNNC(=O)c1ccncc1. The molecule has 30 N–H and O–H groups in total. The van der Waals surface area contributed by atoms with Gasteiger partial charge in [0.05, 0.1) is 30.8 Å². The van der Waals surface area contributed by atoms with Crippen LogP contribution in [0.3, 0.4) is 0 Å². The molecule has 1 aliphatic carbocycles. The number of amides is 2. The first-order chi connectivity index (χ1) is 38.4. The molecule has 81 heavy (non-hydrogen) atoms. The van der Waals surface area contributed by atoms with Gasteiger partial charge in [0, 0.05) is 67.6 Å². The lowest BCUT2D eigenvalue weighted by Crippen LogP contribution is -2.68. The molecule has 5 aliphatic rings. The van der Waals surface area contributed by atoms with Gasteiger partial charge in [0.15, 0.2) is 25.2 Å². The van der Waals surface area contributed by atoms with Gasteiger partial charge in [-0.1, -0.05) is 0 Å². The molecule has 5 fully saturated rings. The minimum atomic E-state index is -1.72. The maximum Gasteiger partial charge on any atom is 0.319 e. The molecule has 36 nitrogen and oxygen atoms in total. The molecule has 4 aliphatic heterocycles. The van der Waals surface area contributed by atoms with Crippen LogP contribution < -0.4 is 67.6 Å². The average Bonchev–Trinajstić information content (AvgIpc) is 3.80. The highest BCUT2D eigenvalue weighted by atomic mass is 16.8. The summed E-state index contributed by atoms with van der Waals surface area (Å²) in [5.74, 6) is -2.87. The van der Waals surface area contributed by atoms with Crippen LogP contribution in [-0.4, -0.2) is 271 Å². The zero-order valence-corrected chi connectivity index (χ0v) is 43.3. The normalized spacial score (nSPS) is 38.5. The number of carboxylic acids is 2. The van der Waals surface area contributed by atoms with E-state index in [0.29, 0.717) is 11.1 Å². The number of aromatic nitrogens is 2. The molecule has 0 aromatic carbocycles. The third-order valence-corrected chi connectivity index (χ3v) is 13.4. The topological polar surface area (TPSA) is 626 Å². The first-order valence-electron chi connectivity index (χ1n) is 25.3. The molecule has 6 heterocycles. The fourth-order valence-corrected chi connectivity index (χ4v) is 8.77. The molecular weight excluding hydrogens is 1090 g/mol. The van der Waals surface area contributed by atoms with Crippen LogP contribution in [0.15, 0.2) is 49.1 Å². The van der Waals surface area contributed by atoms with Crippen LogP contribution in [0, 0.1) is 0 Å². The van der Waals surface area contributed by atoms with E-state index in [1.807, 2.05) is 0 Å². The van der Waals surface area contributed by atoms with Crippen LogP contribution in [-0.2, 0) is 47.5 Å². The number of carbonyl (C=O) groups is 4. The molecule has 0 spiro atoms. The van der Waals surface area contributed by atoms with Crippen LogP contribution in [0.4, 0.5) is 0 Å². The quantitative estimate of drug-likeness (QED) is 0.0548. The molecular formula is C45H76N14O22. The Bertz CT molecular complexity index is 2180. The van der Waals surface area contributed by atoms with Crippen LogP contribution >= 0.6 is 0 Å². The highest BCUT2D eigenvalue weighted by molar-refractivity contribution is 5.94. The van der Waals surface area contributed by atoms with Crippen LogP contribution in [0.2, 0.25) is 0 Å². The molecule has 24 atom stereocenters. The van der Waals surface area contributed by atoms with Gasteiger partial charge in [-0.05, 0) is 30.7 Å². The molecule has 2 aromatic heterocycles. The number of hydrazine groups is 2. The molecule has 458 valence electrons. The number of rotatable bonds is 20. The molecule has 2 aromatic rings. The molecule has 0 bridgehead atoms. The summed E-state index contributed by atoms with van der Waals surface area (Å²) >= 11 is 0.